The van der Waals surface area contributed by atoms with Crippen molar-refractivity contribution in [2.75, 3.05) is 40.0 Å². The third-order valence-corrected chi connectivity index (χ3v) is 3.35. The molecule has 1 fully saturated rings. The molecule has 0 radical (unpaired) electrons. The summed E-state index contributed by atoms with van der Waals surface area (Å²) in [7, 11) is 1.60. The van der Waals surface area contributed by atoms with Crippen molar-refractivity contribution >= 4 is 0 Å². The number of aliphatic hydroxyl groups excluding tert-OH is 1. The van der Waals surface area contributed by atoms with Crippen LogP contribution in [0.4, 0.5) is 0 Å². The van der Waals surface area contributed by atoms with E-state index in [-0.39, 0.29) is 6.61 Å². The minimum absolute atomic E-state index is 0.232. The maximum Gasteiger partial charge on any atom is 0.161 e. The Morgan fingerprint density at radius 2 is 2.05 bits per heavy atom. The van der Waals surface area contributed by atoms with Gasteiger partial charge in [0.2, 0.25) is 0 Å². The molecule has 1 aliphatic rings. The van der Waals surface area contributed by atoms with Crippen molar-refractivity contribution in [2.45, 2.75) is 18.9 Å². The number of methoxy groups -OCH3 is 1. The molecule has 1 saturated carbocycles. The average molecular weight is 295 g/mol. The highest BCUT2D eigenvalue weighted by molar-refractivity contribution is 5.39. The zero-order valence-corrected chi connectivity index (χ0v) is 12.6. The summed E-state index contributed by atoms with van der Waals surface area (Å²) >= 11 is 0. The van der Waals surface area contributed by atoms with Crippen LogP contribution in [0.1, 0.15) is 12.8 Å². The van der Waals surface area contributed by atoms with Crippen LogP contribution < -0.4 is 14.8 Å². The highest BCUT2D eigenvalue weighted by Gasteiger charge is 2.20. The summed E-state index contributed by atoms with van der Waals surface area (Å²) in [5.41, 5.74) is 0. The Morgan fingerprint density at radius 1 is 1.29 bits per heavy atom. The van der Waals surface area contributed by atoms with Crippen molar-refractivity contribution in [1.82, 2.24) is 5.32 Å². The summed E-state index contributed by atoms with van der Waals surface area (Å²) in [6.45, 7) is 3.04. The maximum absolute atomic E-state index is 9.86. The van der Waals surface area contributed by atoms with E-state index in [1.54, 1.807) is 7.11 Å². The van der Waals surface area contributed by atoms with Gasteiger partial charge in [-0.25, -0.2) is 0 Å². The lowest BCUT2D eigenvalue weighted by Crippen LogP contribution is -2.33. The molecule has 0 saturated heterocycles. The lowest BCUT2D eigenvalue weighted by molar-refractivity contribution is 0.0956. The van der Waals surface area contributed by atoms with Crippen LogP contribution in [0.3, 0.4) is 0 Å². The predicted octanol–water partition coefficient (Wildman–Crippen LogP) is 1.45. The minimum Gasteiger partial charge on any atom is -0.493 e. The number of aliphatic hydroxyl groups is 1. The fourth-order valence-corrected chi connectivity index (χ4v) is 1.93. The molecule has 0 amide bonds. The molecule has 1 unspecified atom stereocenters. The quantitative estimate of drug-likeness (QED) is 0.605. The summed E-state index contributed by atoms with van der Waals surface area (Å²) in [5.74, 6) is 2.11. The summed E-state index contributed by atoms with van der Waals surface area (Å²) in [4.78, 5) is 0. The monoisotopic (exact) mass is 295 g/mol. The molecule has 0 bridgehead atoms. The number of hydrogen-bond donors (Lipinski definition) is 2. The van der Waals surface area contributed by atoms with Crippen LogP contribution in [0.15, 0.2) is 24.3 Å². The summed E-state index contributed by atoms with van der Waals surface area (Å²) in [5, 5.41) is 13.0. The molecule has 1 aliphatic carbocycles. The van der Waals surface area contributed by atoms with Gasteiger partial charge in [-0.2, -0.15) is 0 Å². The van der Waals surface area contributed by atoms with Crippen LogP contribution in [0.5, 0.6) is 11.5 Å². The molecule has 0 heterocycles. The fraction of sp³-hybridized carbons (Fsp3) is 0.625. The molecule has 5 nitrogen and oxygen atoms in total. The number of benzene rings is 1. The molecule has 21 heavy (non-hydrogen) atoms. The molecule has 5 heteroatoms. The van der Waals surface area contributed by atoms with Gasteiger partial charge in [0.25, 0.3) is 0 Å². The molecular weight excluding hydrogens is 270 g/mol. The molecule has 0 spiro atoms. The van der Waals surface area contributed by atoms with Gasteiger partial charge in [-0.1, -0.05) is 12.1 Å². The van der Waals surface area contributed by atoms with E-state index in [1.165, 1.54) is 12.8 Å². The van der Waals surface area contributed by atoms with E-state index < -0.39 is 6.10 Å². The molecular formula is C16H25NO4. The van der Waals surface area contributed by atoms with Gasteiger partial charge in [-0.3, -0.25) is 0 Å². The zero-order chi connectivity index (χ0) is 14.9. The number of para-hydroxylation sites is 2. The first-order valence-electron chi connectivity index (χ1n) is 7.52. The second-order valence-electron chi connectivity index (χ2n) is 5.34. The number of hydrogen-bond acceptors (Lipinski definition) is 5. The normalized spacial score (nSPS) is 15.7. The first-order chi connectivity index (χ1) is 10.3. The number of nitrogens with one attached hydrogen (secondary N) is 1. The van der Waals surface area contributed by atoms with Gasteiger partial charge in [0.05, 0.1) is 13.7 Å². The highest BCUT2D eigenvalue weighted by Crippen LogP contribution is 2.28. The van der Waals surface area contributed by atoms with Crippen LogP contribution in [-0.2, 0) is 4.74 Å². The lowest BCUT2D eigenvalue weighted by Gasteiger charge is -2.15. The van der Waals surface area contributed by atoms with Crippen LogP contribution in [0.25, 0.3) is 0 Å². The van der Waals surface area contributed by atoms with Crippen LogP contribution in [0.2, 0.25) is 0 Å². The van der Waals surface area contributed by atoms with Gasteiger partial charge in [0.1, 0.15) is 12.7 Å². The second kappa shape index (κ2) is 8.87. The van der Waals surface area contributed by atoms with Gasteiger partial charge < -0.3 is 24.6 Å². The molecule has 1 atom stereocenters. The summed E-state index contributed by atoms with van der Waals surface area (Å²) in [6.07, 6.45) is 2.07. The van der Waals surface area contributed by atoms with Crippen molar-refractivity contribution in [2.24, 2.45) is 5.92 Å². The molecule has 1 aromatic carbocycles. The van der Waals surface area contributed by atoms with Gasteiger partial charge in [0.15, 0.2) is 11.5 Å². The largest absolute Gasteiger partial charge is 0.493 e. The van der Waals surface area contributed by atoms with E-state index in [0.717, 1.165) is 19.1 Å². The minimum atomic E-state index is -0.557. The lowest BCUT2D eigenvalue weighted by atomic mass is 10.3. The van der Waals surface area contributed by atoms with E-state index in [9.17, 15) is 5.11 Å². The van der Waals surface area contributed by atoms with Gasteiger partial charge in [0, 0.05) is 19.7 Å². The topological polar surface area (TPSA) is 60.0 Å². The Hall–Kier alpha value is -1.30. The van der Waals surface area contributed by atoms with Crippen LogP contribution >= 0.6 is 0 Å². The SMILES string of the molecule is COc1ccccc1OCC(O)CNCCOCC1CC1. The third-order valence-electron chi connectivity index (χ3n) is 3.35. The van der Waals surface area contributed by atoms with Crippen LogP contribution in [0, 0.1) is 5.92 Å². The highest BCUT2D eigenvalue weighted by atomic mass is 16.5. The standard InChI is InChI=1S/C16H25NO4/c1-19-15-4-2-3-5-16(15)21-12-14(18)10-17-8-9-20-11-13-6-7-13/h2-5,13-14,17-18H,6-12H2,1H3. The third kappa shape index (κ3) is 6.33. The van der Waals surface area contributed by atoms with E-state index in [1.807, 2.05) is 24.3 Å². The van der Waals surface area contributed by atoms with Gasteiger partial charge in [-0.15, -0.1) is 0 Å². The summed E-state index contributed by atoms with van der Waals surface area (Å²) in [6, 6.07) is 7.41. The molecule has 1 aromatic rings. The Morgan fingerprint density at radius 3 is 2.76 bits per heavy atom. The Labute approximate surface area is 126 Å². The van der Waals surface area contributed by atoms with Gasteiger partial charge >= 0.3 is 0 Å². The number of rotatable bonds is 11. The Kier molecular flexibility index (Phi) is 6.79. The smallest absolute Gasteiger partial charge is 0.161 e. The van der Waals surface area contributed by atoms with E-state index >= 15 is 0 Å². The van der Waals surface area contributed by atoms with Crippen LogP contribution in [-0.4, -0.2) is 51.2 Å². The van der Waals surface area contributed by atoms with E-state index in [4.69, 9.17) is 14.2 Å². The first kappa shape index (κ1) is 16.1. The van der Waals surface area contributed by atoms with E-state index in [0.29, 0.717) is 24.7 Å². The van der Waals surface area contributed by atoms with Crippen molar-refractivity contribution in [3.8, 4) is 11.5 Å². The number of ether oxygens (including phenoxy) is 3. The van der Waals surface area contributed by atoms with E-state index in [2.05, 4.69) is 5.32 Å². The Balaban J connectivity index is 1.53. The second-order valence-corrected chi connectivity index (χ2v) is 5.34. The van der Waals surface area contributed by atoms with Crippen molar-refractivity contribution in [1.29, 1.82) is 0 Å². The zero-order valence-electron chi connectivity index (χ0n) is 12.6. The van der Waals surface area contributed by atoms with Crippen molar-refractivity contribution < 1.29 is 19.3 Å². The maximum atomic E-state index is 9.86. The summed E-state index contributed by atoms with van der Waals surface area (Å²) < 4.78 is 16.3. The molecule has 0 aromatic heterocycles. The molecule has 2 N–H and O–H groups in total. The molecule has 118 valence electrons. The predicted molar refractivity (Wildman–Crippen MR) is 80.9 cm³/mol. The average Bonchev–Trinajstić information content (AvgIpc) is 3.33. The molecule has 2 rings (SSSR count). The van der Waals surface area contributed by atoms with Crippen molar-refractivity contribution in [3.63, 3.8) is 0 Å². The van der Waals surface area contributed by atoms with Gasteiger partial charge in [-0.05, 0) is 30.9 Å². The first-order valence-corrected chi connectivity index (χ1v) is 7.52. The molecule has 0 aliphatic heterocycles. The van der Waals surface area contributed by atoms with Crippen molar-refractivity contribution in [3.05, 3.63) is 24.3 Å². The fourth-order valence-electron chi connectivity index (χ4n) is 1.93. The Bertz CT molecular complexity index is 409.